The Balaban J connectivity index is 1.41. The molecule has 0 aromatic carbocycles. The first-order valence-electron chi connectivity index (χ1n) is 8.55. The fraction of sp³-hybridized carbons (Fsp3) is 0.765. The lowest BCUT2D eigenvalue weighted by Gasteiger charge is -2.50. The van der Waals surface area contributed by atoms with E-state index in [-0.39, 0.29) is 18.1 Å². The Morgan fingerprint density at radius 3 is 2.96 bits per heavy atom. The number of aryl methyl sites for hydroxylation is 1. The number of amides is 1. The van der Waals surface area contributed by atoms with Crippen LogP contribution in [0.1, 0.15) is 24.3 Å². The Hall–Kier alpha value is -1.44. The molecule has 3 heterocycles. The highest BCUT2D eigenvalue weighted by Gasteiger charge is 2.52. The quantitative estimate of drug-likeness (QED) is 0.693. The van der Waals surface area contributed by atoms with Gasteiger partial charge in [0.05, 0.1) is 11.3 Å². The van der Waals surface area contributed by atoms with Crippen molar-refractivity contribution in [3.63, 3.8) is 0 Å². The lowest BCUT2D eigenvalue weighted by Crippen LogP contribution is -2.64. The van der Waals surface area contributed by atoms with Crippen molar-refractivity contribution in [3.8, 4) is 0 Å². The average Bonchev–Trinajstić information content (AvgIpc) is 3.09. The normalized spacial score (nSPS) is 22.7. The zero-order valence-corrected chi connectivity index (χ0v) is 14.8. The number of hydrogen-bond acceptors (Lipinski definition) is 6. The molecule has 2 saturated heterocycles. The highest BCUT2D eigenvalue weighted by molar-refractivity contribution is 5.76. The summed E-state index contributed by atoms with van der Waals surface area (Å²) in [5, 5.41) is 4.05. The maximum absolute atomic E-state index is 11.5. The van der Waals surface area contributed by atoms with Gasteiger partial charge in [-0.15, -0.1) is 0 Å². The molecule has 3 rings (SSSR count). The molecule has 24 heavy (non-hydrogen) atoms. The molecule has 2 aliphatic rings. The second-order valence-electron chi connectivity index (χ2n) is 7.10. The molecule has 0 radical (unpaired) electrons. The van der Waals surface area contributed by atoms with Gasteiger partial charge in [0.1, 0.15) is 12.4 Å². The number of likely N-dealkylation sites (N-methyl/N-ethyl adjacent to an activating group) is 1. The first-order chi connectivity index (χ1) is 11.5. The molecular formula is C17H27N3O4. The fourth-order valence-electron chi connectivity index (χ4n) is 3.60. The van der Waals surface area contributed by atoms with Gasteiger partial charge in [-0.2, -0.15) is 0 Å². The van der Waals surface area contributed by atoms with Gasteiger partial charge in [0.2, 0.25) is 5.91 Å². The molecule has 7 heteroatoms. The number of likely N-dealkylation sites (tertiary alicyclic amines) is 1. The van der Waals surface area contributed by atoms with E-state index in [1.807, 2.05) is 13.0 Å². The van der Waals surface area contributed by atoms with Gasteiger partial charge in [-0.3, -0.25) is 9.69 Å². The van der Waals surface area contributed by atoms with Crippen molar-refractivity contribution in [2.24, 2.45) is 5.92 Å². The lowest BCUT2D eigenvalue weighted by atomic mass is 9.79. The van der Waals surface area contributed by atoms with E-state index < -0.39 is 0 Å². The Kier molecular flexibility index (Phi) is 5.22. The van der Waals surface area contributed by atoms with Gasteiger partial charge in [0, 0.05) is 53.0 Å². The number of carbonyl (C=O) groups excluding carboxylic acids is 1. The van der Waals surface area contributed by atoms with Crippen LogP contribution in [0, 0.1) is 12.8 Å². The minimum Gasteiger partial charge on any atom is -0.372 e. The summed E-state index contributed by atoms with van der Waals surface area (Å²) in [6.45, 7) is 6.16. The standard InChI is InChI=1S/C17H27N3O4/c1-13-8-15(18-24-13)9-20-11-17(12-20)14(5-7-23-17)4-6-22-10-16(21)19(2)3/h8,14H,4-7,9-12H2,1-3H3/t14-/m0/s1. The molecule has 7 nitrogen and oxygen atoms in total. The monoisotopic (exact) mass is 337 g/mol. The average molecular weight is 337 g/mol. The number of hydrogen-bond donors (Lipinski definition) is 0. The Morgan fingerprint density at radius 1 is 1.50 bits per heavy atom. The van der Waals surface area contributed by atoms with Crippen molar-refractivity contribution in [1.29, 1.82) is 0 Å². The molecule has 1 spiro atoms. The molecule has 1 atom stereocenters. The van der Waals surface area contributed by atoms with E-state index in [0.717, 1.165) is 50.5 Å². The molecule has 2 aliphatic heterocycles. The zero-order valence-electron chi connectivity index (χ0n) is 14.8. The predicted octanol–water partition coefficient (Wildman–Crippen LogP) is 1.07. The highest BCUT2D eigenvalue weighted by Crippen LogP contribution is 2.42. The van der Waals surface area contributed by atoms with E-state index in [4.69, 9.17) is 14.0 Å². The summed E-state index contributed by atoms with van der Waals surface area (Å²) in [5.74, 6) is 1.35. The molecule has 0 bridgehead atoms. The van der Waals surface area contributed by atoms with Crippen LogP contribution in [-0.4, -0.2) is 73.5 Å². The van der Waals surface area contributed by atoms with Gasteiger partial charge < -0.3 is 18.9 Å². The van der Waals surface area contributed by atoms with Crippen LogP contribution in [0.3, 0.4) is 0 Å². The van der Waals surface area contributed by atoms with Gasteiger partial charge in [-0.05, 0) is 25.7 Å². The van der Waals surface area contributed by atoms with E-state index >= 15 is 0 Å². The lowest BCUT2D eigenvalue weighted by molar-refractivity contribution is -0.141. The van der Waals surface area contributed by atoms with Crippen molar-refractivity contribution in [1.82, 2.24) is 15.0 Å². The molecule has 1 amide bonds. The Labute approximate surface area is 142 Å². The van der Waals surface area contributed by atoms with Crippen LogP contribution in [0.2, 0.25) is 0 Å². The molecule has 0 saturated carbocycles. The van der Waals surface area contributed by atoms with Crippen molar-refractivity contribution >= 4 is 5.91 Å². The third kappa shape index (κ3) is 3.79. The number of ether oxygens (including phenoxy) is 2. The minimum atomic E-state index is -0.0340. The summed E-state index contributed by atoms with van der Waals surface area (Å²) in [6.07, 6.45) is 2.01. The second kappa shape index (κ2) is 7.21. The van der Waals surface area contributed by atoms with Crippen LogP contribution in [0.5, 0.6) is 0 Å². The summed E-state index contributed by atoms with van der Waals surface area (Å²) in [7, 11) is 3.48. The molecule has 2 fully saturated rings. The van der Waals surface area contributed by atoms with Gasteiger partial charge in [0.25, 0.3) is 0 Å². The fourth-order valence-corrected chi connectivity index (χ4v) is 3.60. The van der Waals surface area contributed by atoms with Gasteiger partial charge >= 0.3 is 0 Å². The van der Waals surface area contributed by atoms with Crippen molar-refractivity contribution < 1.29 is 18.8 Å². The Morgan fingerprint density at radius 2 is 2.29 bits per heavy atom. The molecule has 1 aromatic rings. The van der Waals surface area contributed by atoms with Crippen molar-refractivity contribution in [3.05, 3.63) is 17.5 Å². The predicted molar refractivity (Wildman–Crippen MR) is 87.4 cm³/mol. The third-order valence-electron chi connectivity index (χ3n) is 4.98. The first-order valence-corrected chi connectivity index (χ1v) is 8.55. The number of aromatic nitrogens is 1. The minimum absolute atomic E-state index is 0.00473. The second-order valence-corrected chi connectivity index (χ2v) is 7.10. The van der Waals surface area contributed by atoms with Crippen molar-refractivity contribution in [2.45, 2.75) is 31.9 Å². The molecule has 0 unspecified atom stereocenters. The van der Waals surface area contributed by atoms with Crippen LogP contribution in [-0.2, 0) is 20.8 Å². The third-order valence-corrected chi connectivity index (χ3v) is 4.98. The topological polar surface area (TPSA) is 68.0 Å². The van der Waals surface area contributed by atoms with E-state index in [0.29, 0.717) is 12.5 Å². The molecule has 134 valence electrons. The summed E-state index contributed by atoms with van der Waals surface area (Å²) in [5.41, 5.74) is 0.940. The van der Waals surface area contributed by atoms with Gasteiger partial charge in [-0.1, -0.05) is 5.16 Å². The summed E-state index contributed by atoms with van der Waals surface area (Å²) in [4.78, 5) is 15.4. The van der Waals surface area contributed by atoms with E-state index in [1.165, 1.54) is 0 Å². The molecule has 1 aromatic heterocycles. The smallest absolute Gasteiger partial charge is 0.248 e. The Bertz CT molecular complexity index is 566. The van der Waals surface area contributed by atoms with Crippen molar-refractivity contribution in [2.75, 3.05) is 47.0 Å². The molecule has 0 N–H and O–H groups in total. The maximum Gasteiger partial charge on any atom is 0.248 e. The van der Waals surface area contributed by atoms with Crippen LogP contribution in [0.15, 0.2) is 10.6 Å². The van der Waals surface area contributed by atoms with E-state index in [2.05, 4.69) is 10.1 Å². The maximum atomic E-state index is 11.5. The van der Waals surface area contributed by atoms with Gasteiger partial charge in [0.15, 0.2) is 0 Å². The summed E-state index contributed by atoms with van der Waals surface area (Å²) < 4.78 is 16.7. The SMILES string of the molecule is Cc1cc(CN2CC3(C2)OCC[C@@H]3CCOCC(=O)N(C)C)no1. The number of rotatable bonds is 7. The molecule has 0 aliphatic carbocycles. The van der Waals surface area contributed by atoms with Crippen LogP contribution < -0.4 is 0 Å². The highest BCUT2D eigenvalue weighted by atomic mass is 16.5. The molecular weight excluding hydrogens is 310 g/mol. The van der Waals surface area contributed by atoms with Crippen LogP contribution >= 0.6 is 0 Å². The number of carbonyl (C=O) groups is 1. The van der Waals surface area contributed by atoms with E-state index in [9.17, 15) is 4.79 Å². The van der Waals surface area contributed by atoms with Crippen LogP contribution in [0.4, 0.5) is 0 Å². The van der Waals surface area contributed by atoms with E-state index in [1.54, 1.807) is 19.0 Å². The van der Waals surface area contributed by atoms with Crippen LogP contribution in [0.25, 0.3) is 0 Å². The summed E-state index contributed by atoms with van der Waals surface area (Å²) in [6, 6.07) is 1.98. The summed E-state index contributed by atoms with van der Waals surface area (Å²) >= 11 is 0. The number of nitrogens with zero attached hydrogens (tertiary/aromatic N) is 3. The zero-order chi connectivity index (χ0) is 17.2. The van der Waals surface area contributed by atoms with Gasteiger partial charge in [-0.25, -0.2) is 0 Å². The first kappa shape index (κ1) is 17.4. The largest absolute Gasteiger partial charge is 0.372 e.